The fourth-order valence-corrected chi connectivity index (χ4v) is 5.24. The molecule has 2 aliphatic rings. The van der Waals surface area contributed by atoms with Gasteiger partial charge in [-0.05, 0) is 35.9 Å². The molecule has 2 aliphatic heterocycles. The highest BCUT2D eigenvalue weighted by Crippen LogP contribution is 2.36. The average Bonchev–Trinajstić information content (AvgIpc) is 2.77. The van der Waals surface area contributed by atoms with Gasteiger partial charge in [0.25, 0.3) is 0 Å². The van der Waals surface area contributed by atoms with E-state index >= 15 is 0 Å². The minimum atomic E-state index is -1.10. The van der Waals surface area contributed by atoms with Gasteiger partial charge in [-0.3, -0.25) is 19.4 Å². The van der Waals surface area contributed by atoms with Crippen LogP contribution in [0.5, 0.6) is 0 Å². The maximum absolute atomic E-state index is 13.1. The number of halogens is 2. The van der Waals surface area contributed by atoms with Crippen molar-refractivity contribution >= 4 is 64.1 Å². The van der Waals surface area contributed by atoms with Crippen LogP contribution in [-0.4, -0.2) is 65.5 Å². The van der Waals surface area contributed by atoms with Crippen molar-refractivity contribution < 1.29 is 19.5 Å². The normalized spacial score (nSPS) is 16.8. The molecule has 1 saturated heterocycles. The highest BCUT2D eigenvalue weighted by molar-refractivity contribution is 7.99. The Kier molecular flexibility index (Phi) is 6.95. The predicted octanol–water partition coefficient (Wildman–Crippen LogP) is 3.62. The number of rotatable bonds is 5. The first-order chi connectivity index (χ1) is 15.3. The standard InChI is InChI=1S/C22H21Cl2N3O4S/c23-16-3-1-15(17(24)10-16)11-26-18-4-2-14(22(30)31)9-19(18)27(13-21(26)29)20(28)12-25-5-7-32-8-6-25/h1-4,9-10H,5-8,11-13H2,(H,30,31). The molecule has 0 atom stereocenters. The number of nitrogens with zero attached hydrogens (tertiary/aromatic N) is 3. The Morgan fingerprint density at radius 1 is 1.03 bits per heavy atom. The van der Waals surface area contributed by atoms with Crippen LogP contribution >= 0.6 is 35.0 Å². The molecule has 32 heavy (non-hydrogen) atoms. The first kappa shape index (κ1) is 22.9. The van der Waals surface area contributed by atoms with E-state index in [1.807, 2.05) is 11.8 Å². The van der Waals surface area contributed by atoms with Gasteiger partial charge >= 0.3 is 5.97 Å². The molecular formula is C22H21Cl2N3O4S. The molecule has 1 N–H and O–H groups in total. The summed E-state index contributed by atoms with van der Waals surface area (Å²) in [6, 6.07) is 9.49. The van der Waals surface area contributed by atoms with Gasteiger partial charge in [0.15, 0.2) is 0 Å². The van der Waals surface area contributed by atoms with Gasteiger partial charge in [-0.1, -0.05) is 29.3 Å². The van der Waals surface area contributed by atoms with Crippen LogP contribution in [0, 0.1) is 0 Å². The largest absolute Gasteiger partial charge is 0.478 e. The summed E-state index contributed by atoms with van der Waals surface area (Å²) >= 11 is 14.1. The summed E-state index contributed by atoms with van der Waals surface area (Å²) in [6.45, 7) is 1.82. The number of hydrogen-bond donors (Lipinski definition) is 1. The summed E-state index contributed by atoms with van der Waals surface area (Å²) in [7, 11) is 0. The quantitative estimate of drug-likeness (QED) is 0.684. The molecule has 0 bridgehead atoms. The van der Waals surface area contributed by atoms with E-state index in [0.29, 0.717) is 27.0 Å². The molecule has 2 amide bonds. The van der Waals surface area contributed by atoms with E-state index in [2.05, 4.69) is 4.90 Å². The number of carbonyl (C=O) groups is 3. The number of fused-ring (bicyclic) bond motifs is 1. The van der Waals surface area contributed by atoms with Gasteiger partial charge in [-0.2, -0.15) is 11.8 Å². The average molecular weight is 494 g/mol. The van der Waals surface area contributed by atoms with Crippen molar-refractivity contribution in [1.82, 2.24) is 4.90 Å². The van der Waals surface area contributed by atoms with Gasteiger partial charge < -0.3 is 10.0 Å². The molecule has 10 heteroatoms. The molecule has 0 saturated carbocycles. The molecule has 7 nitrogen and oxygen atoms in total. The number of carboxylic acid groups (broad SMARTS) is 1. The molecule has 2 heterocycles. The number of aromatic carboxylic acids is 1. The van der Waals surface area contributed by atoms with Gasteiger partial charge in [-0.25, -0.2) is 4.79 Å². The van der Waals surface area contributed by atoms with E-state index < -0.39 is 5.97 Å². The van der Waals surface area contributed by atoms with E-state index in [9.17, 15) is 19.5 Å². The molecular weight excluding hydrogens is 473 g/mol. The van der Waals surface area contributed by atoms with Gasteiger partial charge in [-0.15, -0.1) is 0 Å². The smallest absolute Gasteiger partial charge is 0.335 e. The van der Waals surface area contributed by atoms with Crippen LogP contribution in [0.1, 0.15) is 15.9 Å². The molecule has 0 aliphatic carbocycles. The number of carboxylic acids is 1. The van der Waals surface area contributed by atoms with Crippen molar-refractivity contribution in [2.75, 3.05) is 47.5 Å². The number of anilines is 2. The zero-order valence-corrected chi connectivity index (χ0v) is 19.4. The molecule has 1 fully saturated rings. The van der Waals surface area contributed by atoms with Crippen LogP contribution in [0.25, 0.3) is 0 Å². The van der Waals surface area contributed by atoms with Crippen molar-refractivity contribution in [2.45, 2.75) is 6.54 Å². The maximum Gasteiger partial charge on any atom is 0.335 e. The van der Waals surface area contributed by atoms with Crippen molar-refractivity contribution in [3.8, 4) is 0 Å². The summed E-state index contributed by atoms with van der Waals surface area (Å²) in [5.74, 6) is 0.327. The third kappa shape index (κ3) is 4.88. The SMILES string of the molecule is O=C(O)c1ccc2c(c1)N(C(=O)CN1CCSCC1)CC(=O)N2Cc1ccc(Cl)cc1Cl. The molecule has 0 unspecified atom stereocenters. The Morgan fingerprint density at radius 3 is 2.47 bits per heavy atom. The molecule has 4 rings (SSSR count). The minimum absolute atomic E-state index is 0.0507. The molecule has 168 valence electrons. The lowest BCUT2D eigenvalue weighted by molar-refractivity contribution is -0.123. The van der Waals surface area contributed by atoms with Crippen LogP contribution in [0.3, 0.4) is 0 Å². The summed E-state index contributed by atoms with van der Waals surface area (Å²) in [6.07, 6.45) is 0. The Bertz CT molecular complexity index is 1080. The van der Waals surface area contributed by atoms with Crippen molar-refractivity contribution in [3.05, 3.63) is 57.6 Å². The zero-order valence-electron chi connectivity index (χ0n) is 17.1. The van der Waals surface area contributed by atoms with E-state index in [-0.39, 0.29) is 37.0 Å². The fraction of sp³-hybridized carbons (Fsp3) is 0.318. The van der Waals surface area contributed by atoms with Crippen LogP contribution in [0.2, 0.25) is 10.0 Å². The summed E-state index contributed by atoms with van der Waals surface area (Å²) in [5.41, 5.74) is 1.63. The number of thioether (sulfide) groups is 1. The first-order valence-electron chi connectivity index (χ1n) is 10.1. The van der Waals surface area contributed by atoms with Crippen molar-refractivity contribution in [3.63, 3.8) is 0 Å². The van der Waals surface area contributed by atoms with Gasteiger partial charge in [0.05, 0.1) is 30.0 Å². The Balaban J connectivity index is 1.67. The van der Waals surface area contributed by atoms with Crippen LogP contribution in [0.4, 0.5) is 11.4 Å². The Hall–Kier alpha value is -2.26. The maximum atomic E-state index is 13.1. The molecule has 2 aromatic rings. The van der Waals surface area contributed by atoms with Gasteiger partial charge in [0.1, 0.15) is 6.54 Å². The number of amides is 2. The molecule has 0 aromatic heterocycles. The second-order valence-electron chi connectivity index (χ2n) is 7.59. The van der Waals surface area contributed by atoms with E-state index in [1.165, 1.54) is 21.9 Å². The number of benzene rings is 2. The van der Waals surface area contributed by atoms with E-state index in [1.54, 1.807) is 24.3 Å². The second-order valence-corrected chi connectivity index (χ2v) is 9.66. The topological polar surface area (TPSA) is 81.2 Å². The predicted molar refractivity (Wildman–Crippen MR) is 127 cm³/mol. The first-order valence-corrected chi connectivity index (χ1v) is 12.0. The lowest BCUT2D eigenvalue weighted by atomic mass is 10.1. The van der Waals surface area contributed by atoms with Crippen molar-refractivity contribution in [1.29, 1.82) is 0 Å². The third-order valence-electron chi connectivity index (χ3n) is 5.51. The molecule has 0 radical (unpaired) electrons. The second kappa shape index (κ2) is 9.70. The summed E-state index contributed by atoms with van der Waals surface area (Å²) in [4.78, 5) is 42.8. The van der Waals surface area contributed by atoms with E-state index in [4.69, 9.17) is 23.2 Å². The molecule has 0 spiro atoms. The van der Waals surface area contributed by atoms with Crippen LogP contribution < -0.4 is 9.80 Å². The van der Waals surface area contributed by atoms with Gasteiger partial charge in [0, 0.05) is 34.6 Å². The molecule has 2 aromatic carbocycles. The summed E-state index contributed by atoms with van der Waals surface area (Å²) < 4.78 is 0. The highest BCUT2D eigenvalue weighted by Gasteiger charge is 2.34. The highest BCUT2D eigenvalue weighted by atomic mass is 35.5. The summed E-state index contributed by atoms with van der Waals surface area (Å²) in [5, 5.41) is 10.4. The van der Waals surface area contributed by atoms with Gasteiger partial charge in [0.2, 0.25) is 11.8 Å². The van der Waals surface area contributed by atoms with Crippen LogP contribution in [-0.2, 0) is 16.1 Å². The van der Waals surface area contributed by atoms with Crippen molar-refractivity contribution in [2.24, 2.45) is 0 Å². The van der Waals surface area contributed by atoms with Crippen LogP contribution in [0.15, 0.2) is 36.4 Å². The lowest BCUT2D eigenvalue weighted by Crippen LogP contribution is -2.51. The lowest BCUT2D eigenvalue weighted by Gasteiger charge is -2.37. The monoisotopic (exact) mass is 493 g/mol. The Morgan fingerprint density at radius 2 is 1.78 bits per heavy atom. The third-order valence-corrected chi connectivity index (χ3v) is 7.04. The number of carbonyl (C=O) groups excluding carboxylic acids is 2. The zero-order chi connectivity index (χ0) is 22.8. The minimum Gasteiger partial charge on any atom is -0.478 e. The Labute approximate surface area is 199 Å². The fourth-order valence-electron chi connectivity index (χ4n) is 3.79. The number of hydrogen-bond acceptors (Lipinski definition) is 5. The van der Waals surface area contributed by atoms with E-state index in [0.717, 1.165) is 24.6 Å².